The molecular weight excluding hydrogens is 378 g/mol. The zero-order valence-corrected chi connectivity index (χ0v) is 16.2. The number of amides is 2. The Kier molecular flexibility index (Phi) is 7.02. The van der Waals surface area contributed by atoms with Gasteiger partial charge >= 0.3 is 5.97 Å². The lowest BCUT2D eigenvalue weighted by molar-refractivity contribution is -0.384. The maximum absolute atomic E-state index is 12.1. The Morgan fingerprint density at radius 2 is 1.72 bits per heavy atom. The van der Waals surface area contributed by atoms with Crippen molar-refractivity contribution in [2.75, 3.05) is 11.9 Å². The first-order valence-corrected chi connectivity index (χ1v) is 8.77. The molecule has 0 radical (unpaired) electrons. The van der Waals surface area contributed by atoms with Gasteiger partial charge < -0.3 is 15.4 Å². The van der Waals surface area contributed by atoms with Crippen LogP contribution in [0.1, 0.15) is 28.4 Å². The number of carbonyl (C=O) groups excluding carboxylic acids is 3. The third-order valence-corrected chi connectivity index (χ3v) is 4.17. The molecule has 2 N–H and O–H groups in total. The summed E-state index contributed by atoms with van der Waals surface area (Å²) in [5.41, 5.74) is 1.62. The lowest BCUT2D eigenvalue weighted by Gasteiger charge is -2.14. The number of benzene rings is 2. The normalized spacial score (nSPS) is 11.3. The number of hydrogen-bond acceptors (Lipinski definition) is 6. The molecule has 0 heterocycles. The van der Waals surface area contributed by atoms with Crippen molar-refractivity contribution in [2.45, 2.75) is 26.8 Å². The van der Waals surface area contributed by atoms with Crippen molar-refractivity contribution in [1.29, 1.82) is 0 Å². The van der Waals surface area contributed by atoms with Crippen LogP contribution in [0, 0.1) is 24.0 Å². The number of nitro benzene ring substituents is 1. The summed E-state index contributed by atoms with van der Waals surface area (Å²) >= 11 is 0. The molecule has 152 valence electrons. The van der Waals surface area contributed by atoms with Crippen LogP contribution in [0.3, 0.4) is 0 Å². The molecule has 29 heavy (non-hydrogen) atoms. The van der Waals surface area contributed by atoms with E-state index in [1.54, 1.807) is 44.2 Å². The molecule has 0 bridgehead atoms. The molecule has 2 amide bonds. The van der Waals surface area contributed by atoms with Crippen LogP contribution in [0.4, 0.5) is 11.4 Å². The fourth-order valence-corrected chi connectivity index (χ4v) is 2.43. The molecular formula is C20H21N3O6. The van der Waals surface area contributed by atoms with Crippen molar-refractivity contribution in [1.82, 2.24) is 5.32 Å². The number of anilines is 1. The first kappa shape index (κ1) is 21.5. The Bertz CT molecular complexity index is 943. The third kappa shape index (κ3) is 5.86. The second kappa shape index (κ2) is 9.45. The Balaban J connectivity index is 1.92. The van der Waals surface area contributed by atoms with Crippen LogP contribution in [0.2, 0.25) is 0 Å². The summed E-state index contributed by atoms with van der Waals surface area (Å²) in [5, 5.41) is 16.0. The highest BCUT2D eigenvalue weighted by Crippen LogP contribution is 2.27. The summed E-state index contributed by atoms with van der Waals surface area (Å²) < 4.78 is 4.89. The smallest absolute Gasteiger partial charge is 0.328 e. The van der Waals surface area contributed by atoms with E-state index in [4.69, 9.17) is 4.74 Å². The van der Waals surface area contributed by atoms with Gasteiger partial charge in [-0.2, -0.15) is 0 Å². The SMILES string of the molecule is Cc1cc(NC(=O)COC(=O)[C@H](C)NC(=O)c2ccccc2)c([N+](=O)[O-])cc1C. The Labute approximate surface area is 167 Å². The van der Waals surface area contributed by atoms with Gasteiger partial charge in [0.15, 0.2) is 6.61 Å². The number of nitro groups is 1. The van der Waals surface area contributed by atoms with E-state index in [-0.39, 0.29) is 11.4 Å². The number of carbonyl (C=O) groups is 3. The molecule has 0 aliphatic heterocycles. The van der Waals surface area contributed by atoms with E-state index < -0.39 is 35.4 Å². The third-order valence-electron chi connectivity index (χ3n) is 4.17. The molecule has 0 fully saturated rings. The molecule has 0 saturated heterocycles. The van der Waals surface area contributed by atoms with Crippen LogP contribution >= 0.6 is 0 Å². The minimum Gasteiger partial charge on any atom is -0.454 e. The first-order chi connectivity index (χ1) is 13.7. The summed E-state index contributed by atoms with van der Waals surface area (Å²) in [7, 11) is 0. The fourth-order valence-electron chi connectivity index (χ4n) is 2.43. The summed E-state index contributed by atoms with van der Waals surface area (Å²) in [4.78, 5) is 46.7. The number of nitrogens with one attached hydrogen (secondary N) is 2. The maximum Gasteiger partial charge on any atom is 0.328 e. The van der Waals surface area contributed by atoms with Gasteiger partial charge in [-0.1, -0.05) is 18.2 Å². The average Bonchev–Trinajstić information content (AvgIpc) is 2.69. The molecule has 2 rings (SSSR count). The minimum absolute atomic E-state index is 0.0181. The molecule has 2 aromatic carbocycles. The molecule has 0 unspecified atom stereocenters. The number of hydrogen-bond donors (Lipinski definition) is 2. The number of rotatable bonds is 7. The van der Waals surface area contributed by atoms with Crippen LogP contribution in [0.25, 0.3) is 0 Å². The quantitative estimate of drug-likeness (QED) is 0.418. The van der Waals surface area contributed by atoms with E-state index in [1.165, 1.54) is 19.1 Å². The highest BCUT2D eigenvalue weighted by molar-refractivity contribution is 5.98. The summed E-state index contributed by atoms with van der Waals surface area (Å²) in [6.07, 6.45) is 0. The first-order valence-electron chi connectivity index (χ1n) is 8.77. The van der Waals surface area contributed by atoms with Crippen LogP contribution in [-0.4, -0.2) is 35.4 Å². The van der Waals surface area contributed by atoms with Crippen molar-refractivity contribution in [3.63, 3.8) is 0 Å². The molecule has 9 heteroatoms. The van der Waals surface area contributed by atoms with E-state index in [0.717, 1.165) is 5.56 Å². The minimum atomic E-state index is -0.980. The lowest BCUT2D eigenvalue weighted by Crippen LogP contribution is -2.40. The topological polar surface area (TPSA) is 128 Å². The predicted molar refractivity (Wildman–Crippen MR) is 106 cm³/mol. The molecule has 0 saturated carbocycles. The standard InChI is InChI=1S/C20H21N3O6/c1-12-9-16(17(23(27)28)10-13(12)2)22-18(24)11-29-20(26)14(3)21-19(25)15-7-5-4-6-8-15/h4-10,14H,11H2,1-3H3,(H,21,25)(H,22,24)/t14-/m0/s1. The number of esters is 1. The van der Waals surface area contributed by atoms with Crippen molar-refractivity contribution in [3.05, 3.63) is 69.3 Å². The lowest BCUT2D eigenvalue weighted by atomic mass is 10.1. The van der Waals surface area contributed by atoms with Gasteiger partial charge in [-0.25, -0.2) is 4.79 Å². The van der Waals surface area contributed by atoms with Gasteiger partial charge in [-0.05, 0) is 50.1 Å². The van der Waals surface area contributed by atoms with Gasteiger partial charge in [0, 0.05) is 11.6 Å². The van der Waals surface area contributed by atoms with Gasteiger partial charge in [-0.15, -0.1) is 0 Å². The molecule has 0 aromatic heterocycles. The zero-order valence-electron chi connectivity index (χ0n) is 16.2. The number of nitrogens with zero attached hydrogens (tertiary/aromatic N) is 1. The van der Waals surface area contributed by atoms with E-state index in [2.05, 4.69) is 10.6 Å². The van der Waals surface area contributed by atoms with Crippen LogP contribution < -0.4 is 10.6 Å². The maximum atomic E-state index is 12.1. The van der Waals surface area contributed by atoms with Crippen LogP contribution in [-0.2, 0) is 14.3 Å². The van der Waals surface area contributed by atoms with Gasteiger partial charge in [0.1, 0.15) is 11.7 Å². The molecule has 0 spiro atoms. The Hall–Kier alpha value is -3.75. The van der Waals surface area contributed by atoms with Crippen LogP contribution in [0.5, 0.6) is 0 Å². The zero-order chi connectivity index (χ0) is 21.6. The van der Waals surface area contributed by atoms with Gasteiger partial charge in [-0.3, -0.25) is 19.7 Å². The Morgan fingerprint density at radius 1 is 1.10 bits per heavy atom. The summed E-state index contributed by atoms with van der Waals surface area (Å²) in [5.74, 6) is -1.99. The van der Waals surface area contributed by atoms with Crippen molar-refractivity contribution in [3.8, 4) is 0 Å². The van der Waals surface area contributed by atoms with E-state index in [9.17, 15) is 24.5 Å². The highest BCUT2D eigenvalue weighted by Gasteiger charge is 2.21. The van der Waals surface area contributed by atoms with E-state index >= 15 is 0 Å². The second-order valence-corrected chi connectivity index (χ2v) is 6.43. The van der Waals surface area contributed by atoms with Gasteiger partial charge in [0.05, 0.1) is 4.92 Å². The van der Waals surface area contributed by atoms with Crippen molar-refractivity contribution < 1.29 is 24.0 Å². The van der Waals surface area contributed by atoms with E-state index in [0.29, 0.717) is 11.1 Å². The second-order valence-electron chi connectivity index (χ2n) is 6.43. The molecule has 1 atom stereocenters. The number of aryl methyl sites for hydroxylation is 2. The van der Waals surface area contributed by atoms with E-state index in [1.807, 2.05) is 0 Å². The molecule has 0 aliphatic carbocycles. The predicted octanol–water partition coefficient (Wildman–Crippen LogP) is 2.51. The molecule has 2 aromatic rings. The largest absolute Gasteiger partial charge is 0.454 e. The van der Waals surface area contributed by atoms with Gasteiger partial charge in [0.25, 0.3) is 17.5 Å². The summed E-state index contributed by atoms with van der Waals surface area (Å²) in [6, 6.07) is 10.2. The molecule has 0 aliphatic rings. The molecule has 9 nitrogen and oxygen atoms in total. The van der Waals surface area contributed by atoms with Crippen molar-refractivity contribution >= 4 is 29.2 Å². The van der Waals surface area contributed by atoms with Crippen molar-refractivity contribution in [2.24, 2.45) is 0 Å². The highest BCUT2D eigenvalue weighted by atomic mass is 16.6. The number of ether oxygens (including phenoxy) is 1. The monoisotopic (exact) mass is 399 g/mol. The Morgan fingerprint density at radius 3 is 2.34 bits per heavy atom. The average molecular weight is 399 g/mol. The van der Waals surface area contributed by atoms with Crippen LogP contribution in [0.15, 0.2) is 42.5 Å². The summed E-state index contributed by atoms with van der Waals surface area (Å²) in [6.45, 7) is 4.26. The fraction of sp³-hybridized carbons (Fsp3) is 0.250. The van der Waals surface area contributed by atoms with Gasteiger partial charge in [0.2, 0.25) is 0 Å².